The molecule has 114 valence electrons. The molecule has 1 amide bonds. The molecule has 1 aromatic heterocycles. The molecule has 4 nitrogen and oxygen atoms in total. The number of nitrogens with zero attached hydrogens (tertiary/aromatic N) is 1. The van der Waals surface area contributed by atoms with Gasteiger partial charge in [-0.25, -0.2) is 0 Å². The van der Waals surface area contributed by atoms with E-state index in [0.29, 0.717) is 10.9 Å². The molecule has 1 aliphatic rings. The zero-order chi connectivity index (χ0) is 15.2. The Hall–Kier alpha value is -1.33. The largest absolute Gasteiger partial charge is 0.469 e. The van der Waals surface area contributed by atoms with Gasteiger partial charge in [0.2, 0.25) is 5.91 Å². The van der Waals surface area contributed by atoms with Crippen molar-refractivity contribution in [2.24, 2.45) is 0 Å². The van der Waals surface area contributed by atoms with E-state index in [4.69, 9.17) is 16.3 Å². The fourth-order valence-electron chi connectivity index (χ4n) is 2.45. The lowest BCUT2D eigenvalue weighted by Crippen LogP contribution is -2.44. The summed E-state index contributed by atoms with van der Waals surface area (Å²) in [4.78, 5) is 26.5. The molecule has 6 heteroatoms. The van der Waals surface area contributed by atoms with Crippen LogP contribution in [0.15, 0.2) is 18.2 Å². The molecule has 0 bridgehead atoms. The Kier molecular flexibility index (Phi) is 5.82. The van der Waals surface area contributed by atoms with Crippen LogP contribution in [0.3, 0.4) is 0 Å². The highest BCUT2D eigenvalue weighted by Gasteiger charge is 2.27. The summed E-state index contributed by atoms with van der Waals surface area (Å²) < 4.78 is 5.40. The van der Waals surface area contributed by atoms with Crippen molar-refractivity contribution in [2.75, 3.05) is 13.7 Å². The standard InChI is InChI=1S/C15H18ClNO3S/c1-20-15(19)10-11-4-2-3-9-17(11)14(18)8-6-12-5-7-13(16)21-12/h5-8,11H,2-4,9-10H2,1H3/b8-6+. The van der Waals surface area contributed by atoms with E-state index < -0.39 is 0 Å². The lowest BCUT2D eigenvalue weighted by molar-refractivity contribution is -0.143. The number of carbonyl (C=O) groups is 2. The van der Waals surface area contributed by atoms with Crippen molar-refractivity contribution >= 4 is 40.9 Å². The number of piperidine rings is 1. The number of thiophene rings is 1. The van der Waals surface area contributed by atoms with Crippen molar-refractivity contribution in [3.05, 3.63) is 27.4 Å². The van der Waals surface area contributed by atoms with Crippen molar-refractivity contribution in [1.29, 1.82) is 0 Å². The summed E-state index contributed by atoms with van der Waals surface area (Å²) >= 11 is 7.28. The third-order valence-corrected chi connectivity index (χ3v) is 4.72. The predicted octanol–water partition coefficient (Wildman–Crippen LogP) is 3.36. The van der Waals surface area contributed by atoms with Gasteiger partial charge in [-0.3, -0.25) is 9.59 Å². The van der Waals surface area contributed by atoms with Crippen molar-refractivity contribution in [3.8, 4) is 0 Å². The first-order chi connectivity index (χ1) is 10.1. The Labute approximate surface area is 133 Å². The molecule has 1 saturated heterocycles. The van der Waals surface area contributed by atoms with Crippen molar-refractivity contribution in [2.45, 2.75) is 31.7 Å². The molecule has 1 aliphatic heterocycles. The maximum atomic E-state index is 12.3. The second-order valence-corrected chi connectivity index (χ2v) is 6.68. The Morgan fingerprint density at radius 3 is 2.95 bits per heavy atom. The van der Waals surface area contributed by atoms with Crippen LogP contribution in [-0.4, -0.2) is 36.5 Å². The molecule has 21 heavy (non-hydrogen) atoms. The summed E-state index contributed by atoms with van der Waals surface area (Å²) in [5.74, 6) is -0.332. The van der Waals surface area contributed by atoms with Gasteiger partial charge in [0.1, 0.15) is 0 Å². The Balaban J connectivity index is 2.01. The van der Waals surface area contributed by atoms with E-state index in [1.54, 1.807) is 23.1 Å². The van der Waals surface area contributed by atoms with Gasteiger partial charge in [0.05, 0.1) is 17.9 Å². The normalized spacial score (nSPS) is 19.0. The number of methoxy groups -OCH3 is 1. The average molecular weight is 328 g/mol. The molecule has 2 heterocycles. The summed E-state index contributed by atoms with van der Waals surface area (Å²) in [6.07, 6.45) is 6.44. The van der Waals surface area contributed by atoms with Crippen molar-refractivity contribution in [1.82, 2.24) is 4.90 Å². The highest BCUT2D eigenvalue weighted by Crippen LogP contribution is 2.24. The van der Waals surface area contributed by atoms with Gasteiger partial charge < -0.3 is 9.64 Å². The summed E-state index contributed by atoms with van der Waals surface area (Å²) in [6.45, 7) is 0.691. The van der Waals surface area contributed by atoms with Crippen molar-refractivity contribution < 1.29 is 14.3 Å². The maximum absolute atomic E-state index is 12.3. The zero-order valence-electron chi connectivity index (χ0n) is 11.9. The monoisotopic (exact) mass is 327 g/mol. The van der Waals surface area contributed by atoms with Crippen LogP contribution in [0.1, 0.15) is 30.6 Å². The van der Waals surface area contributed by atoms with E-state index in [2.05, 4.69) is 0 Å². The molecule has 1 atom stereocenters. The van der Waals surface area contributed by atoms with Crippen LogP contribution in [0.25, 0.3) is 6.08 Å². The fourth-order valence-corrected chi connectivity index (χ4v) is 3.41. The number of likely N-dealkylation sites (tertiary alicyclic amines) is 1. The first kappa shape index (κ1) is 16.0. The fraction of sp³-hybridized carbons (Fsp3) is 0.467. The van der Waals surface area contributed by atoms with E-state index in [0.717, 1.165) is 24.1 Å². The number of amides is 1. The third kappa shape index (κ3) is 4.58. The van der Waals surface area contributed by atoms with Crippen LogP contribution in [0.2, 0.25) is 4.34 Å². The van der Waals surface area contributed by atoms with Crippen LogP contribution >= 0.6 is 22.9 Å². The van der Waals surface area contributed by atoms with Crippen LogP contribution in [-0.2, 0) is 14.3 Å². The maximum Gasteiger partial charge on any atom is 0.307 e. The molecule has 0 aromatic carbocycles. The smallest absolute Gasteiger partial charge is 0.307 e. The summed E-state index contributed by atoms with van der Waals surface area (Å²) in [6, 6.07) is 3.62. The van der Waals surface area contributed by atoms with E-state index >= 15 is 0 Å². The number of rotatable bonds is 4. The minimum absolute atomic E-state index is 0.0599. The number of hydrogen-bond donors (Lipinski definition) is 0. The van der Waals surface area contributed by atoms with Gasteiger partial charge in [0.25, 0.3) is 0 Å². The Morgan fingerprint density at radius 1 is 1.48 bits per heavy atom. The Morgan fingerprint density at radius 2 is 2.29 bits per heavy atom. The second kappa shape index (κ2) is 7.61. The van der Waals surface area contributed by atoms with E-state index in [1.165, 1.54) is 18.4 Å². The summed E-state index contributed by atoms with van der Waals surface area (Å²) in [5.41, 5.74) is 0. The molecule has 1 unspecified atom stereocenters. The highest BCUT2D eigenvalue weighted by molar-refractivity contribution is 7.17. The molecule has 0 radical (unpaired) electrons. The topological polar surface area (TPSA) is 46.6 Å². The SMILES string of the molecule is COC(=O)CC1CCCCN1C(=O)/C=C/c1ccc(Cl)s1. The number of esters is 1. The quantitative estimate of drug-likeness (QED) is 0.629. The Bertz CT molecular complexity index is 541. The number of carbonyl (C=O) groups excluding carboxylic acids is 2. The van der Waals surface area contributed by atoms with Gasteiger partial charge in [0.15, 0.2) is 0 Å². The van der Waals surface area contributed by atoms with Gasteiger partial charge in [-0.15, -0.1) is 11.3 Å². The molecule has 0 spiro atoms. The van der Waals surface area contributed by atoms with E-state index in [9.17, 15) is 9.59 Å². The first-order valence-electron chi connectivity index (χ1n) is 6.91. The van der Waals surface area contributed by atoms with Gasteiger partial charge >= 0.3 is 5.97 Å². The molecule has 1 fully saturated rings. The first-order valence-corrected chi connectivity index (χ1v) is 8.10. The summed E-state index contributed by atoms with van der Waals surface area (Å²) in [7, 11) is 1.37. The van der Waals surface area contributed by atoms with Crippen LogP contribution in [0.4, 0.5) is 0 Å². The molecule has 0 aliphatic carbocycles. The van der Waals surface area contributed by atoms with Crippen molar-refractivity contribution in [3.63, 3.8) is 0 Å². The molecular weight excluding hydrogens is 310 g/mol. The van der Waals surface area contributed by atoms with Crippen LogP contribution < -0.4 is 0 Å². The summed E-state index contributed by atoms with van der Waals surface area (Å²) in [5, 5.41) is 0. The zero-order valence-corrected chi connectivity index (χ0v) is 13.5. The second-order valence-electron chi connectivity index (χ2n) is 4.94. The van der Waals surface area contributed by atoms with Gasteiger partial charge in [-0.05, 0) is 37.5 Å². The minimum Gasteiger partial charge on any atom is -0.469 e. The number of hydrogen-bond acceptors (Lipinski definition) is 4. The molecule has 2 rings (SSSR count). The highest BCUT2D eigenvalue weighted by atomic mass is 35.5. The predicted molar refractivity (Wildman–Crippen MR) is 84.3 cm³/mol. The molecular formula is C15H18ClNO3S. The number of halogens is 1. The van der Waals surface area contributed by atoms with Gasteiger partial charge in [0, 0.05) is 23.5 Å². The van der Waals surface area contributed by atoms with E-state index in [-0.39, 0.29) is 24.3 Å². The lowest BCUT2D eigenvalue weighted by Gasteiger charge is -2.34. The van der Waals surface area contributed by atoms with Gasteiger partial charge in [-0.1, -0.05) is 11.6 Å². The molecule has 1 aromatic rings. The minimum atomic E-state index is -0.270. The van der Waals surface area contributed by atoms with Crippen LogP contribution in [0.5, 0.6) is 0 Å². The molecule has 0 N–H and O–H groups in total. The van der Waals surface area contributed by atoms with E-state index in [1.807, 2.05) is 6.07 Å². The third-order valence-electron chi connectivity index (χ3n) is 3.52. The average Bonchev–Trinajstić information content (AvgIpc) is 2.91. The number of ether oxygens (including phenoxy) is 1. The lowest BCUT2D eigenvalue weighted by atomic mass is 9.99. The van der Waals surface area contributed by atoms with Crippen LogP contribution in [0, 0.1) is 0 Å². The van der Waals surface area contributed by atoms with Gasteiger partial charge in [-0.2, -0.15) is 0 Å². The molecule has 0 saturated carbocycles.